The molecule has 0 saturated heterocycles. The highest BCUT2D eigenvalue weighted by molar-refractivity contribution is 6.33. The second kappa shape index (κ2) is 6.27. The van der Waals surface area contributed by atoms with Gasteiger partial charge in [0.2, 0.25) is 11.8 Å². The lowest BCUT2D eigenvalue weighted by Gasteiger charge is -2.10. The van der Waals surface area contributed by atoms with Crippen LogP contribution in [-0.4, -0.2) is 35.3 Å². The zero-order valence-corrected chi connectivity index (χ0v) is 11.9. The summed E-state index contributed by atoms with van der Waals surface area (Å²) in [6.07, 6.45) is 0. The van der Waals surface area contributed by atoms with Crippen LogP contribution in [0.5, 0.6) is 23.5 Å². The fourth-order valence-electron chi connectivity index (χ4n) is 1.54. The molecular weight excluding hydrogens is 300 g/mol. The second-order valence-electron chi connectivity index (χ2n) is 3.74. The second-order valence-corrected chi connectivity index (χ2v) is 4.12. The first kappa shape index (κ1) is 14.9. The average Bonchev–Trinajstić information content (AvgIpc) is 2.49. The van der Waals surface area contributed by atoms with Crippen LogP contribution in [0.4, 0.5) is 0 Å². The highest BCUT2D eigenvalue weighted by atomic mass is 35.5. The van der Waals surface area contributed by atoms with E-state index in [9.17, 15) is 4.79 Å². The van der Waals surface area contributed by atoms with Gasteiger partial charge in [-0.3, -0.25) is 0 Å². The average molecular weight is 311 g/mol. The molecule has 0 unspecified atom stereocenters. The predicted octanol–water partition coefficient (Wildman–Crippen LogP) is 2.64. The molecule has 0 aliphatic heterocycles. The third-order valence-electron chi connectivity index (χ3n) is 2.48. The quantitative estimate of drug-likeness (QED) is 0.907. The zero-order chi connectivity index (χ0) is 15.4. The third kappa shape index (κ3) is 3.14. The Morgan fingerprint density at radius 3 is 2.24 bits per heavy atom. The van der Waals surface area contributed by atoms with Gasteiger partial charge in [0.25, 0.3) is 0 Å². The van der Waals surface area contributed by atoms with Crippen molar-refractivity contribution in [3.8, 4) is 23.5 Å². The maximum absolute atomic E-state index is 11.1. The minimum Gasteiger partial charge on any atom is -0.480 e. The Morgan fingerprint density at radius 1 is 1.14 bits per heavy atom. The number of carbonyl (C=O) groups is 1. The van der Waals surface area contributed by atoms with E-state index >= 15 is 0 Å². The normalized spacial score (nSPS) is 10.0. The molecule has 2 aromatic rings. The summed E-state index contributed by atoms with van der Waals surface area (Å²) in [5.74, 6) is -0.910. The number of carboxylic acids is 1. The van der Waals surface area contributed by atoms with Gasteiger partial charge in [-0.15, -0.1) is 0 Å². The van der Waals surface area contributed by atoms with Crippen molar-refractivity contribution in [3.63, 3.8) is 0 Å². The summed E-state index contributed by atoms with van der Waals surface area (Å²) in [6.45, 7) is 0. The number of hydrogen-bond acceptors (Lipinski definition) is 6. The van der Waals surface area contributed by atoms with E-state index in [4.69, 9.17) is 30.9 Å². The Balaban J connectivity index is 2.43. The van der Waals surface area contributed by atoms with Gasteiger partial charge >= 0.3 is 12.0 Å². The molecule has 1 aromatic carbocycles. The van der Waals surface area contributed by atoms with Crippen LogP contribution in [0.1, 0.15) is 10.4 Å². The highest BCUT2D eigenvalue weighted by Gasteiger charge is 2.17. The monoisotopic (exact) mass is 310 g/mol. The van der Waals surface area contributed by atoms with Crippen molar-refractivity contribution in [2.75, 3.05) is 14.2 Å². The summed E-state index contributed by atoms with van der Waals surface area (Å²) in [6, 6.07) is 5.97. The van der Waals surface area contributed by atoms with Crippen molar-refractivity contribution < 1.29 is 24.1 Å². The predicted molar refractivity (Wildman–Crippen MR) is 73.6 cm³/mol. The van der Waals surface area contributed by atoms with E-state index < -0.39 is 5.97 Å². The van der Waals surface area contributed by atoms with Crippen LogP contribution >= 0.6 is 11.6 Å². The van der Waals surface area contributed by atoms with Crippen molar-refractivity contribution in [2.45, 2.75) is 0 Å². The van der Waals surface area contributed by atoms with Crippen molar-refractivity contribution in [1.29, 1.82) is 0 Å². The maximum Gasteiger partial charge on any atom is 0.339 e. The molecule has 0 spiro atoms. The SMILES string of the molecule is COc1nc(Oc2ccccc2C(=O)O)nc(OC)c1Cl. The molecule has 110 valence electrons. The highest BCUT2D eigenvalue weighted by Crippen LogP contribution is 2.34. The lowest BCUT2D eigenvalue weighted by molar-refractivity contribution is 0.0694. The number of benzene rings is 1. The molecule has 0 amide bonds. The molecule has 0 radical (unpaired) electrons. The molecule has 1 aromatic heterocycles. The lowest BCUT2D eigenvalue weighted by Crippen LogP contribution is -2.03. The lowest BCUT2D eigenvalue weighted by atomic mass is 10.2. The third-order valence-corrected chi connectivity index (χ3v) is 2.80. The summed E-state index contributed by atoms with van der Waals surface area (Å²) in [5, 5.41) is 9.19. The molecule has 0 aliphatic carbocycles. The van der Waals surface area contributed by atoms with Crippen molar-refractivity contribution in [3.05, 3.63) is 34.9 Å². The number of aromatic nitrogens is 2. The van der Waals surface area contributed by atoms with Crippen molar-refractivity contribution >= 4 is 17.6 Å². The summed E-state index contributed by atoms with van der Waals surface area (Å²) < 4.78 is 15.4. The fraction of sp³-hybridized carbons (Fsp3) is 0.154. The number of halogens is 1. The minimum atomic E-state index is -1.13. The summed E-state index contributed by atoms with van der Waals surface area (Å²) >= 11 is 5.94. The fourth-order valence-corrected chi connectivity index (χ4v) is 1.77. The maximum atomic E-state index is 11.1. The molecule has 2 rings (SSSR count). The Hall–Kier alpha value is -2.54. The topological polar surface area (TPSA) is 90.8 Å². The molecule has 21 heavy (non-hydrogen) atoms. The van der Waals surface area contributed by atoms with Gasteiger partial charge in [0.05, 0.1) is 14.2 Å². The number of ether oxygens (including phenoxy) is 3. The van der Waals surface area contributed by atoms with E-state index in [1.54, 1.807) is 12.1 Å². The molecule has 7 nitrogen and oxygen atoms in total. The Kier molecular flexibility index (Phi) is 4.44. The largest absolute Gasteiger partial charge is 0.480 e. The van der Waals surface area contributed by atoms with Crippen LogP contribution in [0.3, 0.4) is 0 Å². The Bertz CT molecular complexity index is 652. The Labute approximate surface area is 125 Å². The first-order chi connectivity index (χ1) is 10.1. The molecule has 0 aliphatic rings. The number of methoxy groups -OCH3 is 2. The molecule has 0 fully saturated rings. The first-order valence-corrected chi connectivity index (χ1v) is 6.10. The van der Waals surface area contributed by atoms with Crippen molar-refractivity contribution in [1.82, 2.24) is 9.97 Å². The number of hydrogen-bond donors (Lipinski definition) is 1. The molecular formula is C13H11ClN2O5. The molecule has 0 bridgehead atoms. The first-order valence-electron chi connectivity index (χ1n) is 5.72. The van der Waals surface area contributed by atoms with Crippen molar-refractivity contribution in [2.24, 2.45) is 0 Å². The molecule has 8 heteroatoms. The number of para-hydroxylation sites is 1. The molecule has 1 heterocycles. The smallest absolute Gasteiger partial charge is 0.339 e. The van der Waals surface area contributed by atoms with E-state index in [0.717, 1.165) is 0 Å². The van der Waals surface area contributed by atoms with Crippen LogP contribution in [0, 0.1) is 0 Å². The van der Waals surface area contributed by atoms with Gasteiger partial charge in [0.1, 0.15) is 11.3 Å². The number of aromatic carboxylic acids is 1. The summed E-state index contributed by atoms with van der Waals surface area (Å²) in [7, 11) is 2.76. The van der Waals surface area contributed by atoms with Crippen LogP contribution in [0.15, 0.2) is 24.3 Å². The van der Waals surface area contributed by atoms with E-state index in [1.807, 2.05) is 0 Å². The van der Waals surface area contributed by atoms with Gasteiger partial charge in [-0.2, -0.15) is 9.97 Å². The van der Waals surface area contributed by atoms with Gasteiger partial charge in [0, 0.05) is 0 Å². The van der Waals surface area contributed by atoms with Gasteiger partial charge in [-0.25, -0.2) is 4.79 Å². The van der Waals surface area contributed by atoms with Gasteiger partial charge in [0.15, 0.2) is 5.02 Å². The van der Waals surface area contributed by atoms with Gasteiger partial charge < -0.3 is 19.3 Å². The number of rotatable bonds is 5. The van der Waals surface area contributed by atoms with Crippen LogP contribution in [0.25, 0.3) is 0 Å². The molecule has 0 saturated carbocycles. The molecule has 0 atom stereocenters. The van der Waals surface area contributed by atoms with Crippen LogP contribution < -0.4 is 14.2 Å². The summed E-state index contributed by atoms with van der Waals surface area (Å²) in [5.41, 5.74) is -0.0195. The van der Waals surface area contributed by atoms with E-state index in [-0.39, 0.29) is 34.1 Å². The van der Waals surface area contributed by atoms with E-state index in [0.29, 0.717) is 0 Å². The Morgan fingerprint density at radius 2 is 1.71 bits per heavy atom. The van der Waals surface area contributed by atoms with E-state index in [1.165, 1.54) is 26.4 Å². The number of nitrogens with zero attached hydrogens (tertiary/aromatic N) is 2. The number of carboxylic acid groups (broad SMARTS) is 1. The minimum absolute atomic E-state index is 0.0195. The van der Waals surface area contributed by atoms with E-state index in [2.05, 4.69) is 9.97 Å². The van der Waals surface area contributed by atoms with Crippen LogP contribution in [0.2, 0.25) is 5.02 Å². The zero-order valence-electron chi connectivity index (χ0n) is 11.2. The molecule has 1 N–H and O–H groups in total. The standard InChI is InChI=1S/C13H11ClN2O5/c1-19-10-9(14)11(20-2)16-13(15-10)21-8-6-4-3-5-7(8)12(17)18/h3-6H,1-2H3,(H,17,18). The van der Waals surface area contributed by atoms with Gasteiger partial charge in [-0.1, -0.05) is 23.7 Å². The van der Waals surface area contributed by atoms with Gasteiger partial charge in [-0.05, 0) is 12.1 Å². The van der Waals surface area contributed by atoms with Crippen LogP contribution in [-0.2, 0) is 0 Å². The summed E-state index contributed by atoms with van der Waals surface area (Å²) in [4.78, 5) is 19.0.